The highest BCUT2D eigenvalue weighted by molar-refractivity contribution is 7.97. The number of nitrogens with two attached hydrogens (primary N) is 2. The van der Waals surface area contributed by atoms with Gasteiger partial charge in [-0.1, -0.05) is 20.3 Å². The molecule has 0 bridgehead atoms. The van der Waals surface area contributed by atoms with Crippen molar-refractivity contribution in [1.82, 2.24) is 4.31 Å². The van der Waals surface area contributed by atoms with Gasteiger partial charge in [0.05, 0.1) is 6.61 Å². The van der Waals surface area contributed by atoms with Gasteiger partial charge in [0.25, 0.3) is 0 Å². The van der Waals surface area contributed by atoms with Crippen LogP contribution in [0.2, 0.25) is 0 Å². The van der Waals surface area contributed by atoms with Crippen LogP contribution < -0.4 is 11.5 Å². The van der Waals surface area contributed by atoms with Crippen molar-refractivity contribution >= 4 is 26.2 Å². The molecule has 6 N–H and O–H groups in total. The van der Waals surface area contributed by atoms with Crippen molar-refractivity contribution in [2.45, 2.75) is 44.0 Å². The number of hydrogen-bond acceptors (Lipinski definition) is 7. The molecule has 0 saturated heterocycles. The summed E-state index contributed by atoms with van der Waals surface area (Å²) in [5.74, 6) is 0.480. The minimum atomic E-state index is -2.34. The Balaban J connectivity index is 2.80. The van der Waals surface area contributed by atoms with Crippen LogP contribution in [0.5, 0.6) is 0 Å². The first kappa shape index (κ1) is 21.6. The summed E-state index contributed by atoms with van der Waals surface area (Å²) in [6.45, 7) is 6.16. The average molecular weight is 375 g/mol. The summed E-state index contributed by atoms with van der Waals surface area (Å²) in [6.07, 6.45) is 2.83. The van der Waals surface area contributed by atoms with Gasteiger partial charge in [-0.2, -0.15) is 0 Å². The number of nitrogen functional groups attached to an aromatic ring is 1. The molecule has 0 amide bonds. The molecule has 1 unspecified atom stereocenters. The Morgan fingerprint density at radius 2 is 1.88 bits per heavy atom. The molecule has 1 aromatic rings. The Bertz CT molecular complexity index is 449. The molecule has 0 spiro atoms. The zero-order chi connectivity index (χ0) is 17.9. The molecule has 24 heavy (non-hydrogen) atoms. The molecular weight excluding hydrogens is 345 g/mol. The van der Waals surface area contributed by atoms with Gasteiger partial charge in [-0.05, 0) is 61.5 Å². The van der Waals surface area contributed by atoms with Crippen LogP contribution in [-0.4, -0.2) is 39.8 Å². The van der Waals surface area contributed by atoms with E-state index in [-0.39, 0.29) is 12.6 Å². The van der Waals surface area contributed by atoms with Crippen LogP contribution in [0.15, 0.2) is 29.2 Å². The van der Waals surface area contributed by atoms with E-state index in [0.717, 1.165) is 36.4 Å². The van der Waals surface area contributed by atoms with Gasteiger partial charge >= 0.3 is 8.60 Å². The number of rotatable bonds is 12. The van der Waals surface area contributed by atoms with E-state index in [1.807, 2.05) is 24.3 Å². The van der Waals surface area contributed by atoms with E-state index in [9.17, 15) is 0 Å². The highest BCUT2D eigenvalue weighted by Gasteiger charge is 2.22. The third kappa shape index (κ3) is 9.18. The molecule has 0 fully saturated rings. The molecule has 0 aliphatic carbocycles. The summed E-state index contributed by atoms with van der Waals surface area (Å²) in [5, 5.41) is 0. The Morgan fingerprint density at radius 1 is 1.21 bits per heavy atom. The van der Waals surface area contributed by atoms with E-state index in [1.54, 1.807) is 11.9 Å². The van der Waals surface area contributed by atoms with Crippen LogP contribution in [0.4, 0.5) is 5.69 Å². The number of anilines is 1. The van der Waals surface area contributed by atoms with E-state index in [4.69, 9.17) is 25.8 Å². The van der Waals surface area contributed by atoms with Crippen molar-refractivity contribution < 1.29 is 14.3 Å². The van der Waals surface area contributed by atoms with Gasteiger partial charge in [-0.15, -0.1) is 0 Å². The first-order valence-electron chi connectivity index (χ1n) is 8.23. The van der Waals surface area contributed by atoms with Gasteiger partial charge in [-0.25, -0.2) is 4.31 Å². The average Bonchev–Trinajstić information content (AvgIpc) is 2.51. The number of hydrogen-bond donors (Lipinski definition) is 4. The monoisotopic (exact) mass is 375 g/mol. The smallest absolute Gasteiger partial charge is 0.327 e. The van der Waals surface area contributed by atoms with Crippen molar-refractivity contribution in [1.29, 1.82) is 0 Å². The second-order valence-corrected chi connectivity index (χ2v) is 8.03. The summed E-state index contributed by atoms with van der Waals surface area (Å²) in [7, 11) is -2.34. The molecule has 0 radical (unpaired) electrons. The third-order valence-electron chi connectivity index (χ3n) is 3.43. The van der Waals surface area contributed by atoms with Gasteiger partial charge in [-0.3, -0.25) is 0 Å². The molecule has 0 saturated carbocycles. The van der Waals surface area contributed by atoms with E-state index < -0.39 is 8.60 Å². The van der Waals surface area contributed by atoms with Crippen LogP contribution >= 0.6 is 20.6 Å². The lowest BCUT2D eigenvalue weighted by molar-refractivity contribution is 0.174. The Morgan fingerprint density at radius 3 is 2.42 bits per heavy atom. The first-order valence-corrected chi connectivity index (χ1v) is 10.2. The molecule has 0 aliphatic rings. The van der Waals surface area contributed by atoms with Crippen molar-refractivity contribution in [3.05, 3.63) is 24.3 Å². The highest BCUT2D eigenvalue weighted by atomic mass is 32.2. The number of unbranched alkanes of at least 4 members (excludes halogenated alkanes) is 1. The molecule has 6 nitrogen and oxygen atoms in total. The van der Waals surface area contributed by atoms with E-state index >= 15 is 0 Å². The maximum Gasteiger partial charge on any atom is 0.327 e. The zero-order valence-electron chi connectivity index (χ0n) is 14.5. The van der Waals surface area contributed by atoms with E-state index in [2.05, 4.69) is 18.2 Å². The molecule has 0 aliphatic heterocycles. The second kappa shape index (κ2) is 12.0. The predicted octanol–water partition coefficient (Wildman–Crippen LogP) is 2.96. The van der Waals surface area contributed by atoms with Gasteiger partial charge in [0.15, 0.2) is 0 Å². The van der Waals surface area contributed by atoms with E-state index in [0.29, 0.717) is 12.5 Å². The fourth-order valence-corrected chi connectivity index (χ4v) is 3.79. The number of benzene rings is 1. The van der Waals surface area contributed by atoms with Crippen LogP contribution in [0, 0.1) is 5.92 Å². The van der Waals surface area contributed by atoms with Gasteiger partial charge < -0.3 is 25.8 Å². The minimum Gasteiger partial charge on any atom is -0.399 e. The summed E-state index contributed by atoms with van der Waals surface area (Å²) in [4.78, 5) is 19.3. The second-order valence-electron chi connectivity index (χ2n) is 6.14. The van der Waals surface area contributed by atoms with Crippen molar-refractivity contribution in [2.24, 2.45) is 11.7 Å². The quantitative estimate of drug-likeness (QED) is 0.193. The van der Waals surface area contributed by atoms with Gasteiger partial charge in [0.1, 0.15) is 0 Å². The lowest BCUT2D eigenvalue weighted by Crippen LogP contribution is -2.36. The minimum absolute atomic E-state index is 0.0887. The van der Waals surface area contributed by atoms with Crippen LogP contribution in [0.1, 0.15) is 33.1 Å². The SMILES string of the molecule is CC(C)CN(Sc1ccc(N)cc1)C(CCCCN)COP(O)O. The predicted molar refractivity (Wildman–Crippen MR) is 102 cm³/mol. The summed E-state index contributed by atoms with van der Waals surface area (Å²) >= 11 is 1.65. The van der Waals surface area contributed by atoms with Crippen molar-refractivity contribution in [3.63, 3.8) is 0 Å². The summed E-state index contributed by atoms with van der Waals surface area (Å²) in [6, 6.07) is 7.85. The lowest BCUT2D eigenvalue weighted by atomic mass is 10.1. The molecule has 0 heterocycles. The molecule has 8 heteroatoms. The van der Waals surface area contributed by atoms with Crippen LogP contribution in [-0.2, 0) is 4.52 Å². The molecule has 1 rings (SSSR count). The number of nitrogens with zero attached hydrogens (tertiary/aromatic N) is 1. The molecular formula is C16H30N3O3PS. The molecule has 1 aromatic carbocycles. The third-order valence-corrected chi connectivity index (χ3v) is 4.97. The Kier molecular flexibility index (Phi) is 10.9. The van der Waals surface area contributed by atoms with Crippen LogP contribution in [0.3, 0.4) is 0 Å². The summed E-state index contributed by atoms with van der Waals surface area (Å²) < 4.78 is 7.39. The van der Waals surface area contributed by atoms with Crippen molar-refractivity contribution in [2.75, 3.05) is 25.4 Å². The van der Waals surface area contributed by atoms with Crippen molar-refractivity contribution in [3.8, 4) is 0 Å². The lowest BCUT2D eigenvalue weighted by Gasteiger charge is -2.32. The molecule has 0 aromatic heterocycles. The summed E-state index contributed by atoms with van der Waals surface area (Å²) in [5.41, 5.74) is 12.1. The maximum absolute atomic E-state index is 9.10. The molecule has 138 valence electrons. The van der Waals surface area contributed by atoms with Gasteiger partial charge in [0.2, 0.25) is 0 Å². The maximum atomic E-state index is 9.10. The van der Waals surface area contributed by atoms with E-state index in [1.165, 1.54) is 0 Å². The topological polar surface area (TPSA) is 105 Å². The van der Waals surface area contributed by atoms with Gasteiger partial charge in [0, 0.05) is 23.2 Å². The molecule has 1 atom stereocenters. The Labute approximate surface area is 150 Å². The standard InChI is InChI=1S/C16H30N3O3PS/c1-13(2)11-19(24-16-8-6-14(18)7-9-16)15(5-3-4-10-17)12-22-23(20)21/h6-9,13,15,20-21H,3-5,10-12,17-18H2,1-2H3. The first-order chi connectivity index (χ1) is 11.4. The normalized spacial score (nSPS) is 13.2. The fraction of sp³-hybridized carbons (Fsp3) is 0.625. The highest BCUT2D eigenvalue weighted by Crippen LogP contribution is 2.31. The van der Waals surface area contributed by atoms with Crippen LogP contribution in [0.25, 0.3) is 0 Å². The Hall–Kier alpha value is -0.400. The zero-order valence-corrected chi connectivity index (χ0v) is 16.2. The fourth-order valence-electron chi connectivity index (χ4n) is 2.27. The largest absolute Gasteiger partial charge is 0.399 e.